The molecule has 7 heteroatoms. The average molecular weight is 329 g/mol. The summed E-state index contributed by atoms with van der Waals surface area (Å²) in [6.45, 7) is 6.02. The SMILES string of the molecule is CCOc1ccc(S(=O)(=O)N[C@@H](C(=O)OC)[C@H](C)CC)cc1. The van der Waals surface area contributed by atoms with Crippen LogP contribution in [0.5, 0.6) is 5.75 Å². The zero-order valence-electron chi connectivity index (χ0n) is 13.3. The molecule has 1 N–H and O–H groups in total. The van der Waals surface area contributed by atoms with E-state index in [1.165, 1.54) is 19.2 Å². The van der Waals surface area contributed by atoms with Crippen molar-refractivity contribution in [3.05, 3.63) is 24.3 Å². The van der Waals surface area contributed by atoms with Crippen LogP contribution in [0.25, 0.3) is 0 Å². The van der Waals surface area contributed by atoms with Crippen molar-refractivity contribution in [2.75, 3.05) is 13.7 Å². The first kappa shape index (κ1) is 18.4. The maximum atomic E-state index is 12.4. The standard InChI is InChI=1S/C15H23NO5S/c1-5-11(3)14(15(17)20-4)16-22(18,19)13-9-7-12(8-10-13)21-6-2/h7-11,14,16H,5-6H2,1-4H3/t11-,14-/m1/s1. The molecule has 0 unspecified atom stereocenters. The Kier molecular flexibility index (Phi) is 6.83. The number of hydrogen-bond acceptors (Lipinski definition) is 5. The van der Waals surface area contributed by atoms with Crippen molar-refractivity contribution in [3.63, 3.8) is 0 Å². The number of carbonyl (C=O) groups excluding carboxylic acids is 1. The minimum Gasteiger partial charge on any atom is -0.494 e. The van der Waals surface area contributed by atoms with Crippen LogP contribution >= 0.6 is 0 Å². The molecule has 2 atom stereocenters. The first-order valence-corrected chi connectivity index (χ1v) is 8.67. The third kappa shape index (κ3) is 4.71. The van der Waals surface area contributed by atoms with Gasteiger partial charge < -0.3 is 9.47 Å². The van der Waals surface area contributed by atoms with Gasteiger partial charge in [0, 0.05) is 0 Å². The maximum Gasteiger partial charge on any atom is 0.324 e. The van der Waals surface area contributed by atoms with Crippen molar-refractivity contribution in [1.82, 2.24) is 4.72 Å². The summed E-state index contributed by atoms with van der Waals surface area (Å²) in [5, 5.41) is 0. The lowest BCUT2D eigenvalue weighted by atomic mass is 10.0. The van der Waals surface area contributed by atoms with Crippen molar-refractivity contribution >= 4 is 16.0 Å². The van der Waals surface area contributed by atoms with Gasteiger partial charge in [-0.05, 0) is 37.1 Å². The molecule has 0 fully saturated rings. The topological polar surface area (TPSA) is 81.7 Å². The monoisotopic (exact) mass is 329 g/mol. The van der Waals surface area contributed by atoms with Crippen LogP contribution in [-0.2, 0) is 19.6 Å². The number of benzene rings is 1. The molecule has 124 valence electrons. The molecule has 0 aliphatic carbocycles. The van der Waals surface area contributed by atoms with Gasteiger partial charge in [-0.15, -0.1) is 0 Å². The van der Waals surface area contributed by atoms with E-state index in [1.807, 2.05) is 13.8 Å². The van der Waals surface area contributed by atoms with Crippen molar-refractivity contribution in [2.45, 2.75) is 38.1 Å². The molecule has 0 spiro atoms. The number of carbonyl (C=O) groups is 1. The number of methoxy groups -OCH3 is 1. The minimum atomic E-state index is -3.81. The Morgan fingerprint density at radius 1 is 1.23 bits per heavy atom. The molecule has 1 aromatic carbocycles. The van der Waals surface area contributed by atoms with Crippen LogP contribution in [0.4, 0.5) is 0 Å². The van der Waals surface area contributed by atoms with Crippen molar-refractivity contribution in [1.29, 1.82) is 0 Å². The van der Waals surface area contributed by atoms with Crippen LogP contribution in [0, 0.1) is 5.92 Å². The van der Waals surface area contributed by atoms with Crippen molar-refractivity contribution in [3.8, 4) is 5.75 Å². The lowest BCUT2D eigenvalue weighted by molar-refractivity contribution is -0.143. The highest BCUT2D eigenvalue weighted by atomic mass is 32.2. The minimum absolute atomic E-state index is 0.0770. The Bertz CT molecular complexity index is 582. The number of ether oxygens (including phenoxy) is 2. The second-order valence-corrected chi connectivity index (χ2v) is 6.63. The van der Waals surface area contributed by atoms with Gasteiger partial charge in [0.2, 0.25) is 10.0 Å². The predicted octanol–water partition coefficient (Wildman–Crippen LogP) is 1.95. The Labute approximate surface area is 131 Å². The summed E-state index contributed by atoms with van der Waals surface area (Å²) >= 11 is 0. The van der Waals surface area contributed by atoms with Crippen LogP contribution in [0.15, 0.2) is 29.2 Å². The van der Waals surface area contributed by atoms with Gasteiger partial charge in [-0.25, -0.2) is 8.42 Å². The van der Waals surface area contributed by atoms with E-state index >= 15 is 0 Å². The molecule has 0 aliphatic rings. The highest BCUT2D eigenvalue weighted by Gasteiger charge is 2.30. The van der Waals surface area contributed by atoms with E-state index in [-0.39, 0.29) is 10.8 Å². The zero-order valence-corrected chi connectivity index (χ0v) is 14.1. The smallest absolute Gasteiger partial charge is 0.324 e. The van der Waals surface area contributed by atoms with Crippen molar-refractivity contribution in [2.24, 2.45) is 5.92 Å². The summed E-state index contributed by atoms with van der Waals surface area (Å²) in [5.41, 5.74) is 0. The Morgan fingerprint density at radius 3 is 2.27 bits per heavy atom. The van der Waals surface area contributed by atoms with Gasteiger partial charge in [0.15, 0.2) is 0 Å². The number of sulfonamides is 1. The fourth-order valence-electron chi connectivity index (χ4n) is 1.88. The van der Waals surface area contributed by atoms with E-state index in [9.17, 15) is 13.2 Å². The van der Waals surface area contributed by atoms with Crippen LogP contribution in [-0.4, -0.2) is 34.1 Å². The van der Waals surface area contributed by atoms with Gasteiger partial charge in [0.25, 0.3) is 0 Å². The average Bonchev–Trinajstić information content (AvgIpc) is 2.52. The summed E-state index contributed by atoms with van der Waals surface area (Å²) in [6, 6.07) is 5.13. The van der Waals surface area contributed by atoms with Gasteiger partial charge in [-0.1, -0.05) is 20.3 Å². The third-order valence-corrected chi connectivity index (χ3v) is 4.85. The number of hydrogen-bond donors (Lipinski definition) is 1. The first-order valence-electron chi connectivity index (χ1n) is 7.18. The van der Waals surface area contributed by atoms with Crippen LogP contribution < -0.4 is 9.46 Å². The molecule has 1 rings (SSSR count). The number of nitrogens with one attached hydrogen (secondary N) is 1. The number of rotatable bonds is 8. The highest BCUT2D eigenvalue weighted by molar-refractivity contribution is 7.89. The van der Waals surface area contributed by atoms with E-state index in [4.69, 9.17) is 4.74 Å². The molecule has 6 nitrogen and oxygen atoms in total. The fourth-order valence-corrected chi connectivity index (χ4v) is 3.17. The van der Waals surface area contributed by atoms with Gasteiger partial charge in [0.05, 0.1) is 18.6 Å². The predicted molar refractivity (Wildman–Crippen MR) is 83.2 cm³/mol. The molecule has 22 heavy (non-hydrogen) atoms. The maximum absolute atomic E-state index is 12.4. The molecule has 0 radical (unpaired) electrons. The Balaban J connectivity index is 2.98. The molecule has 0 heterocycles. The molecule has 0 aliphatic heterocycles. The first-order chi connectivity index (χ1) is 10.4. The molecule has 0 saturated heterocycles. The summed E-state index contributed by atoms with van der Waals surface area (Å²) in [6.07, 6.45) is 0.644. The Hall–Kier alpha value is -1.60. The van der Waals surface area contributed by atoms with Crippen LogP contribution in [0.1, 0.15) is 27.2 Å². The van der Waals surface area contributed by atoms with E-state index in [1.54, 1.807) is 19.1 Å². The number of esters is 1. The largest absolute Gasteiger partial charge is 0.494 e. The van der Waals surface area contributed by atoms with E-state index in [0.717, 1.165) is 0 Å². The van der Waals surface area contributed by atoms with Gasteiger partial charge in [-0.3, -0.25) is 4.79 Å². The molecule has 0 aromatic heterocycles. The molecular weight excluding hydrogens is 306 g/mol. The van der Waals surface area contributed by atoms with E-state index in [2.05, 4.69) is 9.46 Å². The zero-order chi connectivity index (χ0) is 16.8. The third-order valence-electron chi connectivity index (χ3n) is 3.40. The summed E-state index contributed by atoms with van der Waals surface area (Å²) in [5.74, 6) is -0.179. The van der Waals surface area contributed by atoms with E-state index < -0.39 is 22.0 Å². The molecule has 0 bridgehead atoms. The summed E-state index contributed by atoms with van der Waals surface area (Å²) in [4.78, 5) is 11.9. The van der Waals surface area contributed by atoms with Gasteiger partial charge in [0.1, 0.15) is 11.8 Å². The molecule has 0 amide bonds. The van der Waals surface area contributed by atoms with Crippen molar-refractivity contribution < 1.29 is 22.7 Å². The van der Waals surface area contributed by atoms with Gasteiger partial charge in [-0.2, -0.15) is 4.72 Å². The van der Waals surface area contributed by atoms with Gasteiger partial charge >= 0.3 is 5.97 Å². The summed E-state index contributed by atoms with van der Waals surface area (Å²) < 4.78 is 37.2. The summed E-state index contributed by atoms with van der Waals surface area (Å²) in [7, 11) is -2.57. The second-order valence-electron chi connectivity index (χ2n) is 4.91. The Morgan fingerprint density at radius 2 is 1.82 bits per heavy atom. The molecular formula is C15H23NO5S. The fraction of sp³-hybridized carbons (Fsp3) is 0.533. The normalized spacial score (nSPS) is 14.2. The van der Waals surface area contributed by atoms with Crippen LogP contribution in [0.2, 0.25) is 0 Å². The lowest BCUT2D eigenvalue weighted by Gasteiger charge is -2.21. The quantitative estimate of drug-likeness (QED) is 0.737. The highest BCUT2D eigenvalue weighted by Crippen LogP contribution is 2.18. The molecule has 0 saturated carbocycles. The second kappa shape index (κ2) is 8.14. The molecule has 1 aromatic rings. The van der Waals surface area contributed by atoms with Crippen LogP contribution in [0.3, 0.4) is 0 Å². The van der Waals surface area contributed by atoms with E-state index in [0.29, 0.717) is 18.8 Å². The lowest BCUT2D eigenvalue weighted by Crippen LogP contribution is -2.45.